The van der Waals surface area contributed by atoms with Gasteiger partial charge < -0.3 is 5.32 Å². The molecule has 0 saturated carbocycles. The Morgan fingerprint density at radius 1 is 1.50 bits per heavy atom. The summed E-state index contributed by atoms with van der Waals surface area (Å²) in [4.78, 5) is 8.63. The predicted molar refractivity (Wildman–Crippen MR) is 63.2 cm³/mol. The lowest BCUT2D eigenvalue weighted by molar-refractivity contribution is 0.839. The molecule has 0 fully saturated rings. The molecule has 0 radical (unpaired) electrons. The quantitative estimate of drug-likeness (QED) is 0.855. The molecule has 76 valence electrons. The number of nitrogens with one attached hydrogen (secondary N) is 1. The van der Waals surface area contributed by atoms with Gasteiger partial charge in [-0.1, -0.05) is 11.8 Å². The number of hydrogen-bond acceptors (Lipinski definition) is 5. The molecule has 1 aromatic rings. The second-order valence-corrected chi connectivity index (χ2v) is 4.85. The second-order valence-electron chi connectivity index (χ2n) is 3.05. The van der Waals surface area contributed by atoms with Gasteiger partial charge in [-0.2, -0.15) is 0 Å². The fourth-order valence-electron chi connectivity index (χ4n) is 1.23. The predicted octanol–water partition coefficient (Wildman–Crippen LogP) is 1.77. The molecule has 14 heavy (non-hydrogen) atoms. The van der Waals surface area contributed by atoms with Gasteiger partial charge in [0.15, 0.2) is 5.17 Å². The van der Waals surface area contributed by atoms with Crippen LogP contribution in [-0.2, 0) is 6.42 Å². The van der Waals surface area contributed by atoms with E-state index in [1.165, 1.54) is 17.9 Å². The summed E-state index contributed by atoms with van der Waals surface area (Å²) in [6.07, 6.45) is 2.20. The lowest BCUT2D eigenvalue weighted by Crippen LogP contribution is -2.25. The Morgan fingerprint density at radius 3 is 3.21 bits per heavy atom. The van der Waals surface area contributed by atoms with E-state index in [1.807, 2.05) is 17.3 Å². The van der Waals surface area contributed by atoms with Crippen LogP contribution in [0.5, 0.6) is 0 Å². The number of nitrogens with zero attached hydrogens (tertiary/aromatic N) is 2. The van der Waals surface area contributed by atoms with Crippen molar-refractivity contribution in [2.45, 2.75) is 12.8 Å². The number of rotatable bonds is 3. The zero-order chi connectivity index (χ0) is 9.64. The molecule has 0 amide bonds. The Bertz CT molecular complexity index is 295. The lowest BCUT2D eigenvalue weighted by atomic mass is 10.3. The van der Waals surface area contributed by atoms with E-state index in [2.05, 4.69) is 20.7 Å². The molecular formula is C9H13N3S2. The first-order valence-corrected chi connectivity index (χ1v) is 6.66. The molecular weight excluding hydrogens is 214 g/mol. The van der Waals surface area contributed by atoms with Crippen LogP contribution in [0.4, 0.5) is 0 Å². The summed E-state index contributed by atoms with van der Waals surface area (Å²) in [6, 6.07) is 0. The van der Waals surface area contributed by atoms with Crippen molar-refractivity contribution in [3.05, 3.63) is 16.6 Å². The van der Waals surface area contributed by atoms with Gasteiger partial charge in [-0.25, -0.2) is 4.98 Å². The van der Waals surface area contributed by atoms with Gasteiger partial charge in [0.1, 0.15) is 0 Å². The van der Waals surface area contributed by atoms with Gasteiger partial charge in [0.2, 0.25) is 0 Å². The third kappa shape index (κ3) is 2.99. The highest BCUT2D eigenvalue weighted by Crippen LogP contribution is 2.10. The van der Waals surface area contributed by atoms with Crippen LogP contribution in [-0.4, -0.2) is 29.0 Å². The van der Waals surface area contributed by atoms with E-state index in [9.17, 15) is 0 Å². The van der Waals surface area contributed by atoms with Crippen LogP contribution in [0, 0.1) is 0 Å². The highest BCUT2D eigenvalue weighted by Gasteiger charge is 2.04. The van der Waals surface area contributed by atoms with Crippen LogP contribution in [0.3, 0.4) is 0 Å². The smallest absolute Gasteiger partial charge is 0.156 e. The van der Waals surface area contributed by atoms with Crippen LogP contribution < -0.4 is 5.32 Å². The monoisotopic (exact) mass is 227 g/mol. The van der Waals surface area contributed by atoms with Crippen LogP contribution >= 0.6 is 23.1 Å². The Labute approximate surface area is 92.0 Å². The number of aliphatic imine (C=N–C) groups is 1. The maximum absolute atomic E-state index is 4.40. The molecule has 1 aliphatic heterocycles. The Kier molecular flexibility index (Phi) is 3.82. The summed E-state index contributed by atoms with van der Waals surface area (Å²) in [5.74, 6) is 1.20. The van der Waals surface area contributed by atoms with Gasteiger partial charge in [0.05, 0.1) is 11.2 Å². The van der Waals surface area contributed by atoms with Crippen molar-refractivity contribution in [2.24, 2.45) is 4.99 Å². The van der Waals surface area contributed by atoms with E-state index >= 15 is 0 Å². The maximum Gasteiger partial charge on any atom is 0.156 e. The number of hydrogen-bond donors (Lipinski definition) is 1. The van der Waals surface area contributed by atoms with E-state index in [0.717, 1.165) is 24.7 Å². The van der Waals surface area contributed by atoms with Crippen LogP contribution in [0.25, 0.3) is 0 Å². The molecule has 0 spiro atoms. The molecule has 2 rings (SSSR count). The van der Waals surface area contributed by atoms with E-state index in [4.69, 9.17) is 0 Å². The average Bonchev–Trinajstić information content (AvgIpc) is 2.72. The van der Waals surface area contributed by atoms with Crippen molar-refractivity contribution >= 4 is 28.3 Å². The van der Waals surface area contributed by atoms with Crippen molar-refractivity contribution in [3.8, 4) is 0 Å². The summed E-state index contributed by atoms with van der Waals surface area (Å²) in [5, 5.41) is 6.54. The van der Waals surface area contributed by atoms with Crippen molar-refractivity contribution < 1.29 is 0 Å². The molecule has 5 heteroatoms. The standard InChI is InChI=1S/C9H13N3S2/c1-3-10-9(14-5-1)11-4-2-8-6-13-7-12-8/h6-7H,1-5H2,(H,10,11). The van der Waals surface area contributed by atoms with E-state index < -0.39 is 0 Å². The number of thiazole rings is 1. The number of amidine groups is 1. The molecule has 0 aliphatic carbocycles. The molecule has 1 aromatic heterocycles. The van der Waals surface area contributed by atoms with Crippen LogP contribution in [0.2, 0.25) is 0 Å². The van der Waals surface area contributed by atoms with Crippen molar-refractivity contribution in [1.82, 2.24) is 10.3 Å². The normalized spacial score (nSPS) is 16.4. The van der Waals surface area contributed by atoms with E-state index in [-0.39, 0.29) is 0 Å². The van der Waals surface area contributed by atoms with Gasteiger partial charge in [-0.15, -0.1) is 11.3 Å². The molecule has 0 aromatic carbocycles. The molecule has 0 saturated heterocycles. The highest BCUT2D eigenvalue weighted by molar-refractivity contribution is 8.13. The summed E-state index contributed by atoms with van der Waals surface area (Å²) in [6.45, 7) is 1.92. The first-order valence-electron chi connectivity index (χ1n) is 4.73. The van der Waals surface area contributed by atoms with Crippen molar-refractivity contribution in [3.63, 3.8) is 0 Å². The molecule has 2 heterocycles. The average molecular weight is 227 g/mol. The van der Waals surface area contributed by atoms with E-state index in [1.54, 1.807) is 11.3 Å². The Morgan fingerprint density at radius 2 is 2.50 bits per heavy atom. The fraction of sp³-hybridized carbons (Fsp3) is 0.556. The third-order valence-electron chi connectivity index (χ3n) is 1.94. The number of aromatic nitrogens is 1. The summed E-state index contributed by atoms with van der Waals surface area (Å²) in [7, 11) is 0. The minimum Gasteiger partial charge on any atom is -0.365 e. The highest BCUT2D eigenvalue weighted by atomic mass is 32.2. The SMILES string of the molecule is c1nc(CCNC2=NCCCS2)cs1. The first kappa shape index (κ1) is 9.98. The molecule has 3 nitrogen and oxygen atoms in total. The van der Waals surface area contributed by atoms with Gasteiger partial charge in [-0.3, -0.25) is 4.99 Å². The summed E-state index contributed by atoms with van der Waals surface area (Å²) < 4.78 is 0. The lowest BCUT2D eigenvalue weighted by Gasteiger charge is -2.12. The van der Waals surface area contributed by atoms with Gasteiger partial charge >= 0.3 is 0 Å². The van der Waals surface area contributed by atoms with Gasteiger partial charge in [0, 0.05) is 30.6 Å². The zero-order valence-electron chi connectivity index (χ0n) is 7.90. The number of thioether (sulfide) groups is 1. The minimum absolute atomic E-state index is 0.940. The van der Waals surface area contributed by atoms with E-state index in [0.29, 0.717) is 0 Å². The van der Waals surface area contributed by atoms with Crippen LogP contribution in [0.1, 0.15) is 12.1 Å². The minimum atomic E-state index is 0.940. The fourth-order valence-corrected chi connectivity index (χ4v) is 2.67. The second kappa shape index (κ2) is 5.36. The zero-order valence-corrected chi connectivity index (χ0v) is 9.53. The van der Waals surface area contributed by atoms with Crippen LogP contribution in [0.15, 0.2) is 15.9 Å². The van der Waals surface area contributed by atoms with Crippen molar-refractivity contribution in [1.29, 1.82) is 0 Å². The molecule has 0 atom stereocenters. The first-order chi connectivity index (χ1) is 6.95. The largest absolute Gasteiger partial charge is 0.365 e. The van der Waals surface area contributed by atoms with Gasteiger partial charge in [0.25, 0.3) is 0 Å². The molecule has 0 unspecified atom stereocenters. The topological polar surface area (TPSA) is 37.3 Å². The molecule has 0 bridgehead atoms. The third-order valence-corrected chi connectivity index (χ3v) is 3.61. The van der Waals surface area contributed by atoms with Gasteiger partial charge in [-0.05, 0) is 6.42 Å². The molecule has 1 N–H and O–H groups in total. The maximum atomic E-state index is 4.40. The summed E-state index contributed by atoms with van der Waals surface area (Å²) >= 11 is 3.47. The summed E-state index contributed by atoms with van der Waals surface area (Å²) in [5.41, 5.74) is 3.05. The molecule has 1 aliphatic rings. The van der Waals surface area contributed by atoms with Crippen molar-refractivity contribution in [2.75, 3.05) is 18.8 Å². The Balaban J connectivity index is 1.70. The Hall–Kier alpha value is -0.550.